The first-order valence-electron chi connectivity index (χ1n) is 0. The van der Waals surface area contributed by atoms with E-state index in [-0.39, 0.29) is 92.2 Å². The Morgan fingerprint density at radius 1 is 1.00 bits per heavy atom. The van der Waals surface area contributed by atoms with Crippen molar-refractivity contribution in [2.75, 3.05) is 0 Å². The molecule has 0 aromatic heterocycles. The number of hydrogen-bond donors (Lipinski definition) is 1. The minimum Gasteiger partial charge on any atom is -0.0149 e. The maximum atomic E-state index is 0. The largest absolute Gasteiger partial charge is 0.0149 e. The maximum Gasteiger partial charge on any atom is 0 e. The smallest absolute Gasteiger partial charge is 0 e. The van der Waals surface area contributed by atoms with Crippen molar-refractivity contribution < 1.29 is 40.8 Å². The van der Waals surface area contributed by atoms with E-state index in [1.807, 2.05) is 0 Å². The van der Waals surface area contributed by atoms with Gasteiger partial charge in [-0.25, -0.2) is 0 Å². The molecule has 0 saturated heterocycles. The van der Waals surface area contributed by atoms with Gasteiger partial charge in [0, 0.05) is 49.3 Å². The van der Waals surface area contributed by atoms with Gasteiger partial charge in [0.1, 0.15) is 0 Å². The molecule has 0 aliphatic heterocycles. The molecule has 0 bridgehead atoms. The second-order valence-electron chi connectivity index (χ2n) is 0. The van der Waals surface area contributed by atoms with Gasteiger partial charge in [-0.15, -0.1) is 0 Å². The first-order valence-corrected chi connectivity index (χ1v) is 0. The van der Waals surface area contributed by atoms with Crippen LogP contribution in [0.4, 0.5) is 0 Å². The summed E-state index contributed by atoms with van der Waals surface area (Å²) in [5.74, 6) is 0. The van der Waals surface area contributed by atoms with E-state index >= 15 is 0 Å². The van der Waals surface area contributed by atoms with E-state index in [0.29, 0.717) is 0 Å². The molecule has 0 aliphatic rings. The molecule has 0 saturated carbocycles. The molecule has 3 N–H and O–H groups in total. The zero-order chi connectivity index (χ0) is 0. The zero-order valence-electron chi connectivity index (χ0n) is 1.78. The van der Waals surface area contributed by atoms with Crippen LogP contribution < -0.4 is 6.15 Å². The summed E-state index contributed by atoms with van der Waals surface area (Å²) < 4.78 is 0. The Balaban J connectivity index is 0. The van der Waals surface area contributed by atoms with Gasteiger partial charge < -0.3 is 6.15 Å². The van der Waals surface area contributed by atoms with Crippen molar-refractivity contribution in [3.05, 3.63) is 0 Å². The van der Waals surface area contributed by atoms with Crippen molar-refractivity contribution >= 4 is 45.2 Å². The molecular weight excluding hydrogens is 312 g/mol. The predicted molar refractivity (Wildman–Crippen MR) is 32.0 cm³/mol. The zero-order valence-corrected chi connectivity index (χ0v) is 4.99. The molecular formula is H10BInNNdSi. The van der Waals surface area contributed by atoms with Crippen molar-refractivity contribution in [3.63, 3.8) is 0 Å². The van der Waals surface area contributed by atoms with E-state index in [1.165, 1.54) is 0 Å². The second-order valence-corrected chi connectivity index (χ2v) is 0. The van der Waals surface area contributed by atoms with Gasteiger partial charge >= 0.3 is 25.8 Å². The Kier molecular flexibility index (Phi) is 327. The van der Waals surface area contributed by atoms with Crippen LogP contribution in [0.15, 0.2) is 0 Å². The van der Waals surface area contributed by atoms with Crippen LogP contribution >= 0.6 is 0 Å². The average Bonchev–Trinajstić information content (AvgIpc) is 0. The summed E-state index contributed by atoms with van der Waals surface area (Å²) in [7, 11) is 0. The Hall–Kier alpha value is 2.46. The first-order chi connectivity index (χ1) is 0. The minimum atomic E-state index is 0. The maximum absolute atomic E-state index is 0. The average molecular weight is 322 g/mol. The summed E-state index contributed by atoms with van der Waals surface area (Å²) in [6, 6.07) is 0. The summed E-state index contributed by atoms with van der Waals surface area (Å²) in [6.45, 7) is 0. The molecule has 0 fully saturated rings. The molecule has 5 heteroatoms. The van der Waals surface area contributed by atoms with E-state index in [0.717, 1.165) is 0 Å². The third-order valence-corrected chi connectivity index (χ3v) is 0. The SMILES string of the molecule is N.[B].[InH3].[Nd].[SiH4]. The molecule has 5 heavy (non-hydrogen) atoms. The molecule has 0 heterocycles. The summed E-state index contributed by atoms with van der Waals surface area (Å²) >= 11 is 0. The molecule has 0 amide bonds. The van der Waals surface area contributed by atoms with Crippen LogP contribution in [-0.4, -0.2) is 45.2 Å². The van der Waals surface area contributed by atoms with Crippen LogP contribution in [0.25, 0.3) is 0 Å². The Morgan fingerprint density at radius 3 is 1.00 bits per heavy atom. The van der Waals surface area contributed by atoms with E-state index < -0.39 is 0 Å². The van der Waals surface area contributed by atoms with E-state index in [9.17, 15) is 0 Å². The normalized spacial score (nSPS) is 0. The predicted octanol–water partition coefficient (Wildman–Crippen LogP) is -2.85. The Labute approximate surface area is 90.5 Å². The fourth-order valence-electron chi connectivity index (χ4n) is 0. The molecule has 29 valence electrons. The number of hydrogen-bond acceptors (Lipinski definition) is 1. The van der Waals surface area contributed by atoms with Gasteiger partial charge in [-0.2, -0.15) is 0 Å². The fraction of sp³-hybridized carbons (Fsp3) is 0. The number of rotatable bonds is 0. The van der Waals surface area contributed by atoms with Gasteiger partial charge in [0.05, 0.1) is 0 Å². The van der Waals surface area contributed by atoms with Gasteiger partial charge in [0.2, 0.25) is 0 Å². The van der Waals surface area contributed by atoms with Gasteiger partial charge in [0.15, 0.2) is 0 Å². The molecule has 0 unspecified atom stereocenters. The fourth-order valence-corrected chi connectivity index (χ4v) is 0. The molecule has 0 aromatic carbocycles. The van der Waals surface area contributed by atoms with Crippen molar-refractivity contribution in [1.82, 2.24) is 6.15 Å². The molecule has 0 rings (SSSR count). The first kappa shape index (κ1) is 51.4. The Morgan fingerprint density at radius 2 is 1.00 bits per heavy atom. The minimum absolute atomic E-state index is 0. The van der Waals surface area contributed by atoms with Crippen molar-refractivity contribution in [1.29, 1.82) is 0 Å². The topological polar surface area (TPSA) is 35.0 Å². The summed E-state index contributed by atoms with van der Waals surface area (Å²) in [6.07, 6.45) is 0. The third-order valence-electron chi connectivity index (χ3n) is 0. The third kappa shape index (κ3) is 21.2. The van der Waals surface area contributed by atoms with Crippen molar-refractivity contribution in [2.24, 2.45) is 0 Å². The summed E-state index contributed by atoms with van der Waals surface area (Å²) in [5.41, 5.74) is 0. The van der Waals surface area contributed by atoms with Gasteiger partial charge in [0.25, 0.3) is 0 Å². The summed E-state index contributed by atoms with van der Waals surface area (Å²) in [4.78, 5) is 0. The van der Waals surface area contributed by atoms with E-state index in [4.69, 9.17) is 0 Å². The van der Waals surface area contributed by atoms with Gasteiger partial charge in [-0.1, -0.05) is 0 Å². The van der Waals surface area contributed by atoms with E-state index in [2.05, 4.69) is 0 Å². The second kappa shape index (κ2) is 31.8. The molecule has 0 aromatic rings. The van der Waals surface area contributed by atoms with Gasteiger partial charge in [-0.05, 0) is 11.0 Å². The van der Waals surface area contributed by atoms with Crippen LogP contribution in [0.2, 0.25) is 0 Å². The molecule has 3 radical (unpaired) electrons. The van der Waals surface area contributed by atoms with Crippen LogP contribution in [-0.2, 0) is 0 Å². The molecule has 0 spiro atoms. The van der Waals surface area contributed by atoms with Crippen LogP contribution in [0.3, 0.4) is 0 Å². The summed E-state index contributed by atoms with van der Waals surface area (Å²) in [5, 5.41) is 0. The van der Waals surface area contributed by atoms with Gasteiger partial charge in [-0.3, -0.25) is 0 Å². The standard InChI is InChI=1S/B.In.H3N.Nd.H4Si.3H/h;;1H3;;1H4;;;. The molecule has 0 aliphatic carbocycles. The monoisotopic (exact) mass is 320 g/mol. The van der Waals surface area contributed by atoms with Crippen LogP contribution in [0.5, 0.6) is 0 Å². The quantitative estimate of drug-likeness (QED) is 0.479. The Bertz CT molecular complexity index is 11.6. The molecule has 0 atom stereocenters. The molecule has 1 nitrogen and oxygen atoms in total. The van der Waals surface area contributed by atoms with Crippen LogP contribution in [0.1, 0.15) is 0 Å². The van der Waals surface area contributed by atoms with E-state index in [1.54, 1.807) is 0 Å². The van der Waals surface area contributed by atoms with Crippen molar-refractivity contribution in [2.45, 2.75) is 0 Å². The van der Waals surface area contributed by atoms with Crippen molar-refractivity contribution in [3.8, 4) is 0 Å². The van der Waals surface area contributed by atoms with Crippen LogP contribution in [0, 0.1) is 40.8 Å².